The quantitative estimate of drug-likeness (QED) is 0.557. The van der Waals surface area contributed by atoms with Gasteiger partial charge in [-0.3, -0.25) is 4.79 Å². The van der Waals surface area contributed by atoms with E-state index in [2.05, 4.69) is 9.97 Å². The van der Waals surface area contributed by atoms with E-state index in [-0.39, 0.29) is 35.4 Å². The number of piperazine rings is 1. The van der Waals surface area contributed by atoms with Crippen LogP contribution in [0.15, 0.2) is 65.8 Å². The second-order valence-corrected chi connectivity index (χ2v) is 9.91. The average Bonchev–Trinajstić information content (AvgIpc) is 2.83. The summed E-state index contributed by atoms with van der Waals surface area (Å²) in [6, 6.07) is 13.7. The number of hydrogen-bond acceptors (Lipinski definition) is 6. The maximum atomic E-state index is 13.4. The van der Waals surface area contributed by atoms with Crippen molar-refractivity contribution in [2.75, 3.05) is 37.3 Å². The zero-order chi connectivity index (χ0) is 24.5. The third-order valence-corrected chi connectivity index (χ3v) is 6.66. The molecule has 178 valence electrons. The van der Waals surface area contributed by atoms with Gasteiger partial charge in [-0.25, -0.2) is 18.4 Å². The maximum Gasteiger partial charge on any atom is 0.419 e. The van der Waals surface area contributed by atoms with Crippen molar-refractivity contribution in [3.8, 4) is 11.1 Å². The van der Waals surface area contributed by atoms with E-state index >= 15 is 0 Å². The summed E-state index contributed by atoms with van der Waals surface area (Å²) in [6.07, 6.45) is -1.95. The van der Waals surface area contributed by atoms with Crippen LogP contribution in [0.25, 0.3) is 11.1 Å². The molecule has 0 atom stereocenters. The number of hydrogen-bond donors (Lipinski definition) is 0. The van der Waals surface area contributed by atoms with Crippen LogP contribution in [0.4, 0.5) is 19.1 Å². The molecule has 1 aromatic heterocycles. The number of aromatic nitrogens is 2. The zero-order valence-electron chi connectivity index (χ0n) is 18.2. The van der Waals surface area contributed by atoms with Crippen LogP contribution in [-0.2, 0) is 16.0 Å². The van der Waals surface area contributed by atoms with E-state index in [4.69, 9.17) is 0 Å². The van der Waals surface area contributed by atoms with Crippen LogP contribution in [0, 0.1) is 0 Å². The third kappa shape index (κ3) is 5.04. The minimum Gasteiger partial charge on any atom is -0.337 e. The summed E-state index contributed by atoms with van der Waals surface area (Å²) in [4.78, 5) is 24.4. The van der Waals surface area contributed by atoms with Gasteiger partial charge in [0.15, 0.2) is 9.84 Å². The first-order valence-corrected chi connectivity index (χ1v) is 12.3. The van der Waals surface area contributed by atoms with Crippen molar-refractivity contribution in [2.24, 2.45) is 0 Å². The molecule has 0 saturated carbocycles. The Kier molecular flexibility index (Phi) is 6.30. The average molecular weight is 491 g/mol. The van der Waals surface area contributed by atoms with Gasteiger partial charge < -0.3 is 9.80 Å². The van der Waals surface area contributed by atoms with E-state index in [1.807, 2.05) is 30.3 Å². The molecule has 1 saturated heterocycles. The smallest absolute Gasteiger partial charge is 0.337 e. The molecule has 1 fully saturated rings. The van der Waals surface area contributed by atoms with Gasteiger partial charge in [0.2, 0.25) is 5.95 Å². The zero-order valence-corrected chi connectivity index (χ0v) is 19.0. The Morgan fingerprint density at radius 3 is 2.12 bits per heavy atom. The highest BCUT2D eigenvalue weighted by Crippen LogP contribution is 2.30. The van der Waals surface area contributed by atoms with Gasteiger partial charge in [-0.2, -0.15) is 13.2 Å². The second kappa shape index (κ2) is 9.05. The Morgan fingerprint density at radius 1 is 0.941 bits per heavy atom. The molecule has 1 aliphatic heterocycles. The van der Waals surface area contributed by atoms with E-state index in [0.717, 1.165) is 24.2 Å². The van der Waals surface area contributed by atoms with Crippen LogP contribution in [-0.4, -0.2) is 61.6 Å². The Hall–Kier alpha value is -3.47. The molecule has 0 N–H and O–H groups in total. The number of halogens is 3. The maximum absolute atomic E-state index is 13.4. The third-order valence-electron chi connectivity index (χ3n) is 5.55. The van der Waals surface area contributed by atoms with Crippen molar-refractivity contribution in [3.63, 3.8) is 0 Å². The number of nitrogens with zero attached hydrogens (tertiary/aromatic N) is 4. The Bertz CT molecular complexity index is 1290. The van der Waals surface area contributed by atoms with Gasteiger partial charge in [0.1, 0.15) is 0 Å². The highest BCUT2D eigenvalue weighted by molar-refractivity contribution is 7.90. The minimum absolute atomic E-state index is 0.0484. The summed E-state index contributed by atoms with van der Waals surface area (Å²) in [6.45, 7) is 1.20. The van der Waals surface area contributed by atoms with Crippen molar-refractivity contribution in [2.45, 2.75) is 11.1 Å². The lowest BCUT2D eigenvalue weighted by Gasteiger charge is -2.35. The van der Waals surface area contributed by atoms with Gasteiger partial charge in [0, 0.05) is 50.4 Å². The molecule has 2 heterocycles. The van der Waals surface area contributed by atoms with Gasteiger partial charge in [-0.15, -0.1) is 0 Å². The predicted octanol–water partition coefficient (Wildman–Crippen LogP) is 3.53. The Labute approximate surface area is 194 Å². The second-order valence-electron chi connectivity index (χ2n) is 7.89. The van der Waals surface area contributed by atoms with Crippen LogP contribution in [0.1, 0.15) is 15.9 Å². The molecule has 3 aromatic rings. The first-order chi connectivity index (χ1) is 16.0. The fourth-order valence-electron chi connectivity index (χ4n) is 3.71. The van der Waals surface area contributed by atoms with Gasteiger partial charge in [0.25, 0.3) is 5.91 Å². The summed E-state index contributed by atoms with van der Waals surface area (Å²) >= 11 is 0. The van der Waals surface area contributed by atoms with Crippen LogP contribution < -0.4 is 4.90 Å². The first kappa shape index (κ1) is 23.7. The van der Waals surface area contributed by atoms with Gasteiger partial charge in [-0.05, 0) is 23.3 Å². The van der Waals surface area contributed by atoms with Crippen molar-refractivity contribution in [1.82, 2.24) is 14.9 Å². The molecule has 7 nitrogen and oxygen atoms in total. The Balaban J connectivity index is 1.56. The lowest BCUT2D eigenvalue weighted by atomic mass is 9.98. The number of anilines is 1. The summed E-state index contributed by atoms with van der Waals surface area (Å²) in [5, 5.41) is 0. The fraction of sp³-hybridized carbons (Fsp3) is 0.261. The standard InChI is InChI=1S/C23H21F3N4O3S/c1-34(32,33)18-7-8-19(16-5-3-2-4-6-16)20(13-18)21(31)29-9-11-30(12-10-29)22-27-14-17(15-28-22)23(24,25)26/h2-8,13-15H,9-12H2,1H3. The number of alkyl halides is 3. The molecule has 1 aliphatic rings. The van der Waals surface area contributed by atoms with Crippen LogP contribution in [0.3, 0.4) is 0 Å². The normalized spacial score (nSPS) is 14.8. The fourth-order valence-corrected chi connectivity index (χ4v) is 4.36. The molecule has 0 radical (unpaired) electrons. The molecule has 0 bridgehead atoms. The monoisotopic (exact) mass is 490 g/mol. The van der Waals surface area contributed by atoms with Gasteiger partial charge in [-0.1, -0.05) is 36.4 Å². The van der Waals surface area contributed by atoms with Crippen molar-refractivity contribution < 1.29 is 26.4 Å². The lowest BCUT2D eigenvalue weighted by molar-refractivity contribution is -0.138. The predicted molar refractivity (Wildman–Crippen MR) is 120 cm³/mol. The summed E-state index contributed by atoms with van der Waals surface area (Å²) < 4.78 is 62.4. The Morgan fingerprint density at radius 2 is 1.56 bits per heavy atom. The molecule has 1 amide bonds. The minimum atomic E-state index is -4.51. The molecule has 2 aromatic carbocycles. The summed E-state index contributed by atoms with van der Waals surface area (Å²) in [5.74, 6) is -0.165. The topological polar surface area (TPSA) is 83.5 Å². The molecule has 0 spiro atoms. The number of carbonyl (C=O) groups is 1. The van der Waals surface area contributed by atoms with Crippen molar-refractivity contribution in [3.05, 3.63) is 72.1 Å². The number of carbonyl (C=O) groups excluding carboxylic acids is 1. The largest absolute Gasteiger partial charge is 0.419 e. The van der Waals surface area contributed by atoms with Crippen molar-refractivity contribution >= 4 is 21.7 Å². The van der Waals surface area contributed by atoms with Crippen LogP contribution in [0.5, 0.6) is 0 Å². The molecule has 0 aliphatic carbocycles. The van der Waals surface area contributed by atoms with E-state index in [1.54, 1.807) is 15.9 Å². The molecule has 11 heteroatoms. The number of amides is 1. The van der Waals surface area contributed by atoms with E-state index in [9.17, 15) is 26.4 Å². The molecule has 0 unspecified atom stereocenters. The van der Waals surface area contributed by atoms with Gasteiger partial charge in [0.05, 0.1) is 10.5 Å². The first-order valence-electron chi connectivity index (χ1n) is 10.4. The highest BCUT2D eigenvalue weighted by Gasteiger charge is 2.32. The highest BCUT2D eigenvalue weighted by atomic mass is 32.2. The SMILES string of the molecule is CS(=O)(=O)c1ccc(-c2ccccc2)c(C(=O)N2CCN(c3ncc(C(F)(F)F)cn3)CC2)c1. The van der Waals surface area contributed by atoms with Crippen LogP contribution >= 0.6 is 0 Å². The molecule has 4 rings (SSSR count). The molecular weight excluding hydrogens is 469 g/mol. The van der Waals surface area contributed by atoms with E-state index in [0.29, 0.717) is 18.7 Å². The number of sulfone groups is 1. The van der Waals surface area contributed by atoms with Crippen LogP contribution in [0.2, 0.25) is 0 Å². The summed E-state index contributed by atoms with van der Waals surface area (Å²) in [7, 11) is -3.52. The molecule has 34 heavy (non-hydrogen) atoms. The summed E-state index contributed by atoms with van der Waals surface area (Å²) in [5.41, 5.74) is 0.742. The van der Waals surface area contributed by atoms with Gasteiger partial charge >= 0.3 is 6.18 Å². The number of rotatable bonds is 4. The van der Waals surface area contributed by atoms with E-state index in [1.165, 1.54) is 12.1 Å². The molecular formula is C23H21F3N4O3S. The van der Waals surface area contributed by atoms with E-state index < -0.39 is 21.6 Å². The number of benzene rings is 2. The van der Waals surface area contributed by atoms with Crippen molar-refractivity contribution in [1.29, 1.82) is 0 Å². The lowest BCUT2D eigenvalue weighted by Crippen LogP contribution is -2.49.